The summed E-state index contributed by atoms with van der Waals surface area (Å²) >= 11 is 0. The van der Waals surface area contributed by atoms with E-state index in [-0.39, 0.29) is 24.8 Å². The van der Waals surface area contributed by atoms with Gasteiger partial charge in [-0.05, 0) is 37.5 Å². The summed E-state index contributed by atoms with van der Waals surface area (Å²) in [7, 11) is 0. The van der Waals surface area contributed by atoms with Crippen LogP contribution in [0, 0.1) is 5.82 Å². The Balaban J connectivity index is 2.25. The molecule has 0 saturated heterocycles. The van der Waals surface area contributed by atoms with Crippen molar-refractivity contribution in [1.82, 2.24) is 5.32 Å². The molecule has 3 N–H and O–H groups in total. The number of amides is 2. The van der Waals surface area contributed by atoms with Crippen LogP contribution in [0.15, 0.2) is 18.2 Å². The van der Waals surface area contributed by atoms with Crippen molar-refractivity contribution in [2.24, 2.45) is 0 Å². The molecule has 0 aromatic heterocycles. The highest BCUT2D eigenvalue weighted by Gasteiger charge is 2.34. The standard InChI is InChI=1S/C16H21FN2O3/c1-3-16(2,6-7-20)19-15(22)12-9-14(21)18-13-8-10(17)4-5-11(12)13/h4-5,8,12,20H,3,6-7,9H2,1-2H3,(H,18,21)(H,19,22). The lowest BCUT2D eigenvalue weighted by atomic mass is 9.87. The van der Waals surface area contributed by atoms with Crippen LogP contribution in [0.25, 0.3) is 0 Å². The van der Waals surface area contributed by atoms with E-state index in [0.717, 1.165) is 0 Å². The van der Waals surface area contributed by atoms with Crippen molar-refractivity contribution in [3.8, 4) is 0 Å². The van der Waals surface area contributed by atoms with Crippen LogP contribution in [0.5, 0.6) is 0 Å². The first-order chi connectivity index (χ1) is 10.4. The van der Waals surface area contributed by atoms with Crippen molar-refractivity contribution in [1.29, 1.82) is 0 Å². The van der Waals surface area contributed by atoms with E-state index in [4.69, 9.17) is 5.11 Å². The van der Waals surface area contributed by atoms with Crippen molar-refractivity contribution in [2.45, 2.75) is 44.6 Å². The third kappa shape index (κ3) is 3.44. The monoisotopic (exact) mass is 308 g/mol. The van der Waals surface area contributed by atoms with Crippen LogP contribution in [0.4, 0.5) is 10.1 Å². The van der Waals surface area contributed by atoms with E-state index >= 15 is 0 Å². The number of carbonyl (C=O) groups excluding carboxylic acids is 2. The molecule has 2 atom stereocenters. The number of nitrogens with one attached hydrogen (secondary N) is 2. The van der Waals surface area contributed by atoms with Gasteiger partial charge in [-0.25, -0.2) is 4.39 Å². The first kappa shape index (κ1) is 16.4. The summed E-state index contributed by atoms with van der Waals surface area (Å²) in [6.07, 6.45) is 1.13. The van der Waals surface area contributed by atoms with Crippen LogP contribution < -0.4 is 10.6 Å². The normalized spacial score (nSPS) is 19.8. The maximum absolute atomic E-state index is 13.3. The minimum atomic E-state index is -0.645. The van der Waals surface area contributed by atoms with Gasteiger partial charge >= 0.3 is 0 Å². The fourth-order valence-electron chi connectivity index (χ4n) is 2.63. The highest BCUT2D eigenvalue weighted by Crippen LogP contribution is 2.33. The van der Waals surface area contributed by atoms with Crippen molar-refractivity contribution in [3.63, 3.8) is 0 Å². The lowest BCUT2D eigenvalue weighted by molar-refractivity contribution is -0.127. The second-order valence-electron chi connectivity index (χ2n) is 5.91. The number of anilines is 1. The molecule has 1 aliphatic heterocycles. The molecule has 0 bridgehead atoms. The molecule has 1 aliphatic rings. The van der Waals surface area contributed by atoms with E-state index in [2.05, 4.69) is 10.6 Å². The van der Waals surface area contributed by atoms with Gasteiger partial charge in [-0.1, -0.05) is 13.0 Å². The third-order valence-corrected chi connectivity index (χ3v) is 4.24. The lowest BCUT2D eigenvalue weighted by Gasteiger charge is -2.32. The highest BCUT2D eigenvalue weighted by atomic mass is 19.1. The maximum atomic E-state index is 13.3. The Bertz CT molecular complexity index is 591. The number of hydrogen-bond acceptors (Lipinski definition) is 3. The van der Waals surface area contributed by atoms with Gasteiger partial charge in [0.15, 0.2) is 0 Å². The molecule has 1 aromatic rings. The number of halogens is 1. The zero-order chi connectivity index (χ0) is 16.3. The molecule has 2 unspecified atom stereocenters. The van der Waals surface area contributed by atoms with Crippen LogP contribution in [-0.4, -0.2) is 29.1 Å². The number of aliphatic hydroxyl groups excluding tert-OH is 1. The average Bonchev–Trinajstić information content (AvgIpc) is 2.46. The molecule has 0 saturated carbocycles. The molecule has 0 spiro atoms. The van der Waals surface area contributed by atoms with Crippen molar-refractivity contribution in [3.05, 3.63) is 29.6 Å². The van der Waals surface area contributed by atoms with Crippen LogP contribution in [0.2, 0.25) is 0 Å². The minimum absolute atomic E-state index is 0.0302. The van der Waals surface area contributed by atoms with E-state index < -0.39 is 17.3 Å². The number of rotatable bonds is 5. The number of fused-ring (bicyclic) bond motifs is 1. The predicted octanol–water partition coefficient (Wildman–Crippen LogP) is 1.92. The Morgan fingerprint density at radius 3 is 2.91 bits per heavy atom. The van der Waals surface area contributed by atoms with Crippen LogP contribution in [0.1, 0.15) is 44.6 Å². The zero-order valence-corrected chi connectivity index (χ0v) is 12.8. The summed E-state index contributed by atoms with van der Waals surface area (Å²) in [6.45, 7) is 3.75. The smallest absolute Gasteiger partial charge is 0.228 e. The quantitative estimate of drug-likeness (QED) is 0.777. The van der Waals surface area contributed by atoms with Crippen molar-refractivity contribution in [2.75, 3.05) is 11.9 Å². The summed E-state index contributed by atoms with van der Waals surface area (Å²) in [5.41, 5.74) is 0.428. The zero-order valence-electron chi connectivity index (χ0n) is 12.8. The average molecular weight is 308 g/mol. The van der Waals surface area contributed by atoms with Crippen molar-refractivity contribution < 1.29 is 19.1 Å². The Morgan fingerprint density at radius 2 is 2.27 bits per heavy atom. The van der Waals surface area contributed by atoms with Crippen LogP contribution in [0.3, 0.4) is 0 Å². The summed E-state index contributed by atoms with van der Waals surface area (Å²) in [5.74, 6) is -1.69. The molecular formula is C16H21FN2O3. The first-order valence-corrected chi connectivity index (χ1v) is 7.40. The molecule has 0 aliphatic carbocycles. The van der Waals surface area contributed by atoms with Gasteiger partial charge in [0.1, 0.15) is 5.82 Å². The summed E-state index contributed by atoms with van der Waals surface area (Å²) in [5, 5.41) is 14.6. The van der Waals surface area contributed by atoms with Crippen molar-refractivity contribution >= 4 is 17.5 Å². The summed E-state index contributed by atoms with van der Waals surface area (Å²) in [6, 6.07) is 4.03. The van der Waals surface area contributed by atoms with Gasteiger partial charge in [-0.3, -0.25) is 9.59 Å². The predicted molar refractivity (Wildman–Crippen MR) is 80.9 cm³/mol. The molecule has 1 heterocycles. The molecule has 2 amide bonds. The Kier molecular flexibility index (Phi) is 4.81. The fraction of sp³-hybridized carbons (Fsp3) is 0.500. The Hall–Kier alpha value is -1.95. The van der Waals surface area contributed by atoms with E-state index in [9.17, 15) is 14.0 Å². The number of benzene rings is 1. The number of hydrogen-bond donors (Lipinski definition) is 3. The largest absolute Gasteiger partial charge is 0.396 e. The molecule has 5 nitrogen and oxygen atoms in total. The number of carbonyl (C=O) groups is 2. The lowest BCUT2D eigenvalue weighted by Crippen LogP contribution is -2.49. The van der Waals surface area contributed by atoms with Crippen LogP contribution >= 0.6 is 0 Å². The van der Waals surface area contributed by atoms with E-state index in [0.29, 0.717) is 24.1 Å². The molecule has 0 radical (unpaired) electrons. The molecule has 0 fully saturated rings. The highest BCUT2D eigenvalue weighted by molar-refractivity contribution is 6.01. The van der Waals surface area contributed by atoms with Crippen LogP contribution in [-0.2, 0) is 9.59 Å². The molecule has 2 rings (SSSR count). The summed E-state index contributed by atoms with van der Waals surface area (Å²) in [4.78, 5) is 24.3. The molecule has 120 valence electrons. The molecule has 1 aromatic carbocycles. The third-order valence-electron chi connectivity index (χ3n) is 4.24. The molecular weight excluding hydrogens is 287 g/mol. The SMILES string of the molecule is CCC(C)(CCO)NC(=O)C1CC(=O)Nc2cc(F)ccc21. The molecule has 6 heteroatoms. The second kappa shape index (κ2) is 6.44. The second-order valence-corrected chi connectivity index (χ2v) is 5.91. The molecule has 22 heavy (non-hydrogen) atoms. The Labute approximate surface area is 128 Å². The number of aliphatic hydroxyl groups is 1. The van der Waals surface area contributed by atoms with Gasteiger partial charge in [-0.2, -0.15) is 0 Å². The minimum Gasteiger partial charge on any atom is -0.396 e. The van der Waals surface area contributed by atoms with E-state index in [1.807, 2.05) is 13.8 Å². The van der Waals surface area contributed by atoms with Gasteiger partial charge < -0.3 is 15.7 Å². The maximum Gasteiger partial charge on any atom is 0.228 e. The van der Waals surface area contributed by atoms with E-state index in [1.54, 1.807) is 0 Å². The van der Waals surface area contributed by atoms with Gasteiger partial charge in [0.05, 0.1) is 5.92 Å². The Morgan fingerprint density at radius 1 is 1.55 bits per heavy atom. The summed E-state index contributed by atoms with van der Waals surface area (Å²) < 4.78 is 13.3. The van der Waals surface area contributed by atoms with Gasteiger partial charge in [0.25, 0.3) is 0 Å². The van der Waals surface area contributed by atoms with E-state index in [1.165, 1.54) is 18.2 Å². The fourth-order valence-corrected chi connectivity index (χ4v) is 2.63. The van der Waals surface area contributed by atoms with Gasteiger partial charge in [-0.15, -0.1) is 0 Å². The van der Waals surface area contributed by atoms with Gasteiger partial charge in [0.2, 0.25) is 11.8 Å². The topological polar surface area (TPSA) is 78.4 Å². The van der Waals surface area contributed by atoms with Gasteiger partial charge in [0, 0.05) is 24.3 Å². The first-order valence-electron chi connectivity index (χ1n) is 7.40.